The van der Waals surface area contributed by atoms with E-state index in [1.165, 1.54) is 12.8 Å². The number of ether oxygens (including phenoxy) is 1. The lowest BCUT2D eigenvalue weighted by Crippen LogP contribution is -2.42. The van der Waals surface area contributed by atoms with Crippen molar-refractivity contribution in [1.29, 1.82) is 0 Å². The fourth-order valence-corrected chi connectivity index (χ4v) is 2.65. The molecule has 1 aliphatic rings. The maximum atomic E-state index is 6.34. The van der Waals surface area contributed by atoms with E-state index in [0.29, 0.717) is 6.61 Å². The highest BCUT2D eigenvalue weighted by molar-refractivity contribution is 5.10. The predicted molar refractivity (Wildman–Crippen MR) is 60.8 cm³/mol. The molecule has 1 aromatic rings. The normalized spacial score (nSPS) is 21.2. The van der Waals surface area contributed by atoms with Gasteiger partial charge in [-0.2, -0.15) is 0 Å². The first-order valence-electron chi connectivity index (χ1n) is 5.94. The minimum Gasteiger partial charge on any atom is -0.373 e. The summed E-state index contributed by atoms with van der Waals surface area (Å²) in [6.45, 7) is 2.73. The third-order valence-electron chi connectivity index (χ3n) is 3.52. The van der Waals surface area contributed by atoms with Gasteiger partial charge in [-0.15, -0.1) is 5.10 Å². The van der Waals surface area contributed by atoms with Crippen molar-refractivity contribution in [2.45, 2.75) is 44.2 Å². The summed E-state index contributed by atoms with van der Waals surface area (Å²) in [4.78, 5) is 0. The molecular weight excluding hydrogens is 204 g/mol. The summed E-state index contributed by atoms with van der Waals surface area (Å²) in [5, 5.41) is 7.81. The first kappa shape index (κ1) is 11.5. The number of hydrogen-bond donors (Lipinski definition) is 1. The summed E-state index contributed by atoms with van der Waals surface area (Å²) in [5.41, 5.74) is 7.09. The van der Waals surface area contributed by atoms with Gasteiger partial charge in [0.25, 0.3) is 0 Å². The van der Waals surface area contributed by atoms with Crippen molar-refractivity contribution in [2.24, 2.45) is 12.8 Å². The zero-order valence-corrected chi connectivity index (χ0v) is 10.0. The Balaban J connectivity index is 2.23. The van der Waals surface area contributed by atoms with Crippen LogP contribution in [0.25, 0.3) is 0 Å². The van der Waals surface area contributed by atoms with E-state index in [1.54, 1.807) is 10.9 Å². The Morgan fingerprint density at radius 1 is 1.56 bits per heavy atom. The largest absolute Gasteiger partial charge is 0.373 e. The van der Waals surface area contributed by atoms with Crippen molar-refractivity contribution < 1.29 is 4.74 Å². The van der Waals surface area contributed by atoms with Crippen LogP contribution >= 0.6 is 0 Å². The molecular formula is C11H20N4O. The van der Waals surface area contributed by atoms with Crippen molar-refractivity contribution in [2.75, 3.05) is 6.61 Å². The molecule has 0 saturated heterocycles. The molecule has 0 aromatic carbocycles. The Morgan fingerprint density at radius 2 is 2.25 bits per heavy atom. The quantitative estimate of drug-likeness (QED) is 0.833. The van der Waals surface area contributed by atoms with Crippen molar-refractivity contribution in [3.8, 4) is 0 Å². The van der Waals surface area contributed by atoms with Crippen LogP contribution in [0.4, 0.5) is 0 Å². The zero-order chi connectivity index (χ0) is 11.6. The van der Waals surface area contributed by atoms with Crippen LogP contribution in [0, 0.1) is 0 Å². The summed E-state index contributed by atoms with van der Waals surface area (Å²) >= 11 is 0. The van der Waals surface area contributed by atoms with Crippen LogP contribution in [-0.4, -0.2) is 27.2 Å². The van der Waals surface area contributed by atoms with E-state index in [-0.39, 0.29) is 11.6 Å². The lowest BCUT2D eigenvalue weighted by atomic mass is 9.90. The molecule has 1 saturated carbocycles. The van der Waals surface area contributed by atoms with Gasteiger partial charge in [0.15, 0.2) is 0 Å². The van der Waals surface area contributed by atoms with Crippen LogP contribution < -0.4 is 5.73 Å². The molecule has 0 spiro atoms. The topological polar surface area (TPSA) is 66.0 Å². The predicted octanol–water partition coefficient (Wildman–Crippen LogP) is 1.16. The molecule has 2 N–H and O–H groups in total. The summed E-state index contributed by atoms with van der Waals surface area (Å²) in [7, 11) is 1.87. The highest BCUT2D eigenvalue weighted by Gasteiger charge is 2.42. The van der Waals surface area contributed by atoms with Gasteiger partial charge in [-0.1, -0.05) is 18.1 Å². The number of rotatable bonds is 4. The minimum atomic E-state index is -0.204. The van der Waals surface area contributed by atoms with Crippen molar-refractivity contribution in [1.82, 2.24) is 15.0 Å². The molecule has 1 atom stereocenters. The number of aromatic nitrogens is 3. The molecule has 1 fully saturated rings. The smallest absolute Gasteiger partial charge is 0.0889 e. The highest BCUT2D eigenvalue weighted by atomic mass is 16.5. The maximum Gasteiger partial charge on any atom is 0.0889 e. The fourth-order valence-electron chi connectivity index (χ4n) is 2.65. The van der Waals surface area contributed by atoms with Crippen LogP contribution in [0.1, 0.15) is 44.3 Å². The molecule has 1 aromatic heterocycles. The molecule has 0 amide bonds. The van der Waals surface area contributed by atoms with Crippen LogP contribution in [0.2, 0.25) is 0 Å². The van der Waals surface area contributed by atoms with E-state index in [4.69, 9.17) is 10.5 Å². The zero-order valence-electron chi connectivity index (χ0n) is 10.0. The molecule has 16 heavy (non-hydrogen) atoms. The van der Waals surface area contributed by atoms with E-state index in [2.05, 4.69) is 10.3 Å². The number of nitrogens with zero attached hydrogens (tertiary/aromatic N) is 3. The average molecular weight is 224 g/mol. The van der Waals surface area contributed by atoms with Gasteiger partial charge in [0.2, 0.25) is 0 Å². The first-order chi connectivity index (χ1) is 7.69. The molecule has 0 radical (unpaired) electrons. The molecule has 90 valence electrons. The van der Waals surface area contributed by atoms with Crippen LogP contribution in [0.3, 0.4) is 0 Å². The molecule has 2 rings (SSSR count). The standard InChI is InChI=1S/C11H20N4O/c1-3-16-11(6-4-5-7-11)10(12)9-8-13-14-15(9)2/h8,10H,3-7,12H2,1-2H3. The average Bonchev–Trinajstić information content (AvgIpc) is 2.87. The Bertz CT molecular complexity index is 344. The molecule has 1 aliphatic carbocycles. The number of aryl methyl sites for hydroxylation is 1. The Hall–Kier alpha value is -0.940. The molecule has 0 bridgehead atoms. The molecule has 1 unspecified atom stereocenters. The second-order valence-corrected chi connectivity index (χ2v) is 4.47. The van der Waals surface area contributed by atoms with Gasteiger partial charge in [-0.3, -0.25) is 4.68 Å². The summed E-state index contributed by atoms with van der Waals surface area (Å²) in [5.74, 6) is 0. The maximum absolute atomic E-state index is 6.34. The first-order valence-corrected chi connectivity index (χ1v) is 5.94. The molecule has 5 heteroatoms. The second-order valence-electron chi connectivity index (χ2n) is 4.47. The minimum absolute atomic E-state index is 0.130. The van der Waals surface area contributed by atoms with Gasteiger partial charge in [0, 0.05) is 13.7 Å². The van der Waals surface area contributed by atoms with Crippen LogP contribution in [0.15, 0.2) is 6.20 Å². The van der Waals surface area contributed by atoms with E-state index >= 15 is 0 Å². The van der Waals surface area contributed by atoms with E-state index in [1.807, 2.05) is 14.0 Å². The van der Waals surface area contributed by atoms with Gasteiger partial charge in [0.1, 0.15) is 0 Å². The Morgan fingerprint density at radius 3 is 2.75 bits per heavy atom. The lowest BCUT2D eigenvalue weighted by molar-refractivity contribution is -0.0552. The monoisotopic (exact) mass is 224 g/mol. The van der Waals surface area contributed by atoms with E-state index in [0.717, 1.165) is 18.5 Å². The van der Waals surface area contributed by atoms with Gasteiger partial charge in [-0.05, 0) is 19.8 Å². The third-order valence-corrected chi connectivity index (χ3v) is 3.52. The van der Waals surface area contributed by atoms with Crippen molar-refractivity contribution in [3.05, 3.63) is 11.9 Å². The van der Waals surface area contributed by atoms with Gasteiger partial charge < -0.3 is 10.5 Å². The molecule has 1 heterocycles. The van der Waals surface area contributed by atoms with Gasteiger partial charge in [-0.25, -0.2) is 0 Å². The van der Waals surface area contributed by atoms with Gasteiger partial charge in [0.05, 0.1) is 23.5 Å². The third kappa shape index (κ3) is 1.85. The van der Waals surface area contributed by atoms with Gasteiger partial charge >= 0.3 is 0 Å². The van der Waals surface area contributed by atoms with Crippen molar-refractivity contribution in [3.63, 3.8) is 0 Å². The molecule has 5 nitrogen and oxygen atoms in total. The Kier molecular flexibility index (Phi) is 3.25. The van der Waals surface area contributed by atoms with E-state index < -0.39 is 0 Å². The fraction of sp³-hybridized carbons (Fsp3) is 0.818. The molecule has 0 aliphatic heterocycles. The lowest BCUT2D eigenvalue weighted by Gasteiger charge is -2.34. The Labute approximate surface area is 96.0 Å². The SMILES string of the molecule is CCOC1(C(N)c2cnnn2C)CCCC1. The van der Waals surface area contributed by atoms with Crippen LogP contribution in [0.5, 0.6) is 0 Å². The second kappa shape index (κ2) is 4.51. The number of nitrogens with two attached hydrogens (primary N) is 1. The summed E-state index contributed by atoms with van der Waals surface area (Å²) in [6, 6.07) is -0.130. The summed E-state index contributed by atoms with van der Waals surface area (Å²) in [6.07, 6.45) is 6.20. The summed E-state index contributed by atoms with van der Waals surface area (Å²) < 4.78 is 7.68. The van der Waals surface area contributed by atoms with Crippen molar-refractivity contribution >= 4 is 0 Å². The number of hydrogen-bond acceptors (Lipinski definition) is 4. The highest BCUT2D eigenvalue weighted by Crippen LogP contribution is 2.41. The van der Waals surface area contributed by atoms with E-state index in [9.17, 15) is 0 Å². The van der Waals surface area contributed by atoms with Crippen LogP contribution in [-0.2, 0) is 11.8 Å².